The summed E-state index contributed by atoms with van der Waals surface area (Å²) in [5.41, 5.74) is 0.518. The molecule has 1 fully saturated rings. The van der Waals surface area contributed by atoms with Crippen LogP contribution in [0.2, 0.25) is 0 Å². The number of hydrogen-bond acceptors (Lipinski definition) is 5. The number of methoxy groups -OCH3 is 1. The quantitative estimate of drug-likeness (QED) is 0.614. The second-order valence-electron chi connectivity index (χ2n) is 4.66. The summed E-state index contributed by atoms with van der Waals surface area (Å²) in [4.78, 5) is 23.8. The Bertz CT molecular complexity index is 503. The molecular formula is C14H16O5. The lowest BCUT2D eigenvalue weighted by Crippen LogP contribution is -2.46. The minimum atomic E-state index is -1.27. The van der Waals surface area contributed by atoms with E-state index >= 15 is 0 Å². The van der Waals surface area contributed by atoms with Crippen LogP contribution in [0.3, 0.4) is 0 Å². The summed E-state index contributed by atoms with van der Waals surface area (Å²) in [5.74, 6) is -3.37. The van der Waals surface area contributed by atoms with Gasteiger partial charge in [-0.2, -0.15) is 0 Å². The first kappa shape index (κ1) is 12.0. The van der Waals surface area contributed by atoms with Gasteiger partial charge in [0.2, 0.25) is 0 Å². The van der Waals surface area contributed by atoms with Crippen molar-refractivity contribution >= 4 is 11.9 Å². The average molecular weight is 265 g/mol. The predicted octanol–water partition coefficient (Wildman–Crippen LogP) is 1.69. The first-order valence-corrected chi connectivity index (χ1v) is 5.86. The van der Waals surface area contributed by atoms with Gasteiger partial charge < -0.3 is 14.2 Å². The summed E-state index contributed by atoms with van der Waals surface area (Å²) in [6.45, 7) is 2.96. The molecule has 1 aromatic carbocycles. The summed E-state index contributed by atoms with van der Waals surface area (Å²) in [7, 11) is 1.53. The highest BCUT2D eigenvalue weighted by Gasteiger charge is 2.42. The van der Waals surface area contributed by atoms with Gasteiger partial charge in [-0.1, -0.05) is 12.1 Å². The smallest absolute Gasteiger partial charge is 0.323 e. The fourth-order valence-electron chi connectivity index (χ4n) is 1.77. The van der Waals surface area contributed by atoms with E-state index in [2.05, 4.69) is 0 Å². The molecule has 1 saturated heterocycles. The van der Waals surface area contributed by atoms with Gasteiger partial charge in [-0.3, -0.25) is 9.59 Å². The monoisotopic (exact) mass is 265 g/mol. The normalized spacial score (nSPS) is 21.1. The zero-order valence-electron chi connectivity index (χ0n) is 12.0. The van der Waals surface area contributed by atoms with Crippen molar-refractivity contribution in [2.75, 3.05) is 7.11 Å². The maximum Gasteiger partial charge on any atom is 0.323 e. The number of esters is 2. The van der Waals surface area contributed by atoms with Gasteiger partial charge in [-0.15, -0.1) is 0 Å². The van der Waals surface area contributed by atoms with Crippen molar-refractivity contribution < 1.29 is 25.2 Å². The Labute approximate surface area is 112 Å². The van der Waals surface area contributed by atoms with Crippen molar-refractivity contribution in [1.29, 1.82) is 0 Å². The van der Waals surface area contributed by atoms with E-state index < -0.39 is 30.0 Å². The van der Waals surface area contributed by atoms with Crippen LogP contribution in [0.25, 0.3) is 0 Å². The van der Waals surface area contributed by atoms with Crippen molar-refractivity contribution in [3.8, 4) is 5.75 Å². The first-order valence-electron chi connectivity index (χ1n) is 6.44. The minimum absolute atomic E-state index is 0.518. The van der Waals surface area contributed by atoms with E-state index in [0.29, 0.717) is 11.3 Å². The fourth-order valence-corrected chi connectivity index (χ4v) is 1.77. The average Bonchev–Trinajstić information content (AvgIpc) is 2.36. The van der Waals surface area contributed by atoms with Crippen molar-refractivity contribution in [1.82, 2.24) is 0 Å². The molecule has 0 aromatic heterocycles. The van der Waals surface area contributed by atoms with Gasteiger partial charge in [0.25, 0.3) is 5.79 Å². The van der Waals surface area contributed by atoms with E-state index in [0.717, 1.165) is 0 Å². The third kappa shape index (κ3) is 3.05. The van der Waals surface area contributed by atoms with Crippen molar-refractivity contribution in [2.24, 2.45) is 5.92 Å². The summed E-state index contributed by atoms with van der Waals surface area (Å²) < 4.78 is 23.1. The van der Waals surface area contributed by atoms with Gasteiger partial charge in [-0.05, 0) is 24.1 Å². The molecule has 102 valence electrons. The van der Waals surface area contributed by atoms with E-state index in [-0.39, 0.29) is 0 Å². The van der Waals surface area contributed by atoms with Crippen LogP contribution in [-0.4, -0.2) is 24.8 Å². The van der Waals surface area contributed by atoms with Crippen LogP contribution in [0.4, 0.5) is 0 Å². The third-order valence-corrected chi connectivity index (χ3v) is 2.68. The predicted molar refractivity (Wildman–Crippen MR) is 66.5 cm³/mol. The molecule has 5 heteroatoms. The number of ether oxygens (including phenoxy) is 3. The Balaban J connectivity index is 2.21. The molecule has 1 aliphatic rings. The molecular weight excluding hydrogens is 248 g/mol. The molecule has 1 atom stereocenters. The number of hydrogen-bond donors (Lipinski definition) is 0. The first-order chi connectivity index (χ1) is 9.34. The topological polar surface area (TPSA) is 61.8 Å². The van der Waals surface area contributed by atoms with Gasteiger partial charge in [0, 0.05) is 15.2 Å². The zero-order valence-corrected chi connectivity index (χ0v) is 11.0. The molecule has 2 rings (SSSR count). The van der Waals surface area contributed by atoms with E-state index in [1.54, 1.807) is 24.3 Å². The summed E-state index contributed by atoms with van der Waals surface area (Å²) in [6.07, 6.45) is -1.07. The number of carbonyl (C=O) groups excluding carboxylic acids is 2. The molecule has 0 N–H and O–H groups in total. The highest BCUT2D eigenvalue weighted by molar-refractivity contribution is 5.96. The Hall–Kier alpha value is -2.04. The van der Waals surface area contributed by atoms with E-state index in [1.165, 1.54) is 21.0 Å². The maximum absolute atomic E-state index is 11.9. The summed E-state index contributed by atoms with van der Waals surface area (Å²) >= 11 is 0. The fraction of sp³-hybridized carbons (Fsp3) is 0.429. The van der Waals surface area contributed by atoms with Crippen LogP contribution in [0.1, 0.15) is 20.8 Å². The molecule has 1 aromatic rings. The van der Waals surface area contributed by atoms with Crippen molar-refractivity contribution in [3.05, 3.63) is 29.8 Å². The van der Waals surface area contributed by atoms with Crippen LogP contribution < -0.4 is 4.74 Å². The van der Waals surface area contributed by atoms with Gasteiger partial charge >= 0.3 is 11.9 Å². The maximum atomic E-state index is 11.9. The molecule has 1 heterocycles. The highest BCUT2D eigenvalue weighted by Crippen LogP contribution is 2.25. The van der Waals surface area contributed by atoms with Crippen LogP contribution >= 0.6 is 0 Å². The SMILES string of the molecule is [2H]C(c1ccc(OC)cc1)C1C(=O)OC(C)(C)OC1=O. The van der Waals surface area contributed by atoms with E-state index in [1.807, 2.05) is 0 Å². The Kier molecular flexibility index (Phi) is 3.11. The Morgan fingerprint density at radius 2 is 1.74 bits per heavy atom. The largest absolute Gasteiger partial charge is 0.497 e. The molecule has 1 aliphatic heterocycles. The van der Waals surface area contributed by atoms with Gasteiger partial charge in [0.1, 0.15) is 5.75 Å². The van der Waals surface area contributed by atoms with Crippen molar-refractivity contribution in [2.45, 2.75) is 26.0 Å². The lowest BCUT2D eigenvalue weighted by atomic mass is 9.98. The standard InChI is InChI=1S/C14H16O5/c1-14(2)18-12(15)11(13(16)19-14)8-9-4-6-10(17-3)7-5-9/h4-7,11H,8H2,1-3H3/i8D. The van der Waals surface area contributed by atoms with Gasteiger partial charge in [0.15, 0.2) is 5.92 Å². The lowest BCUT2D eigenvalue weighted by Gasteiger charge is -2.32. The third-order valence-electron chi connectivity index (χ3n) is 2.68. The Morgan fingerprint density at radius 3 is 2.21 bits per heavy atom. The van der Waals surface area contributed by atoms with Gasteiger partial charge in [0.05, 0.1) is 7.11 Å². The molecule has 19 heavy (non-hydrogen) atoms. The zero-order chi connectivity index (χ0) is 14.9. The molecule has 5 nitrogen and oxygen atoms in total. The molecule has 1 unspecified atom stereocenters. The Morgan fingerprint density at radius 1 is 1.21 bits per heavy atom. The summed E-state index contributed by atoms with van der Waals surface area (Å²) in [5, 5.41) is 0. The molecule has 0 amide bonds. The minimum Gasteiger partial charge on any atom is -0.497 e. The lowest BCUT2D eigenvalue weighted by molar-refractivity contribution is -0.239. The van der Waals surface area contributed by atoms with E-state index in [9.17, 15) is 9.59 Å². The second-order valence-corrected chi connectivity index (χ2v) is 4.66. The molecule has 0 spiro atoms. The van der Waals surface area contributed by atoms with Crippen molar-refractivity contribution in [3.63, 3.8) is 0 Å². The second kappa shape index (κ2) is 4.91. The van der Waals surface area contributed by atoms with Gasteiger partial charge in [-0.25, -0.2) is 0 Å². The molecule has 0 radical (unpaired) electrons. The van der Waals surface area contributed by atoms with Crippen LogP contribution in [0, 0.1) is 5.92 Å². The number of benzene rings is 1. The highest BCUT2D eigenvalue weighted by atomic mass is 16.7. The van der Waals surface area contributed by atoms with Crippen LogP contribution in [-0.2, 0) is 25.5 Å². The van der Waals surface area contributed by atoms with Crippen LogP contribution in [0.15, 0.2) is 24.3 Å². The molecule has 0 bridgehead atoms. The summed E-state index contributed by atoms with van der Waals surface area (Å²) in [6, 6.07) is 6.61. The number of cyclic esters (lactones) is 2. The van der Waals surface area contributed by atoms with E-state index in [4.69, 9.17) is 15.6 Å². The number of rotatable bonds is 3. The molecule has 0 saturated carbocycles. The van der Waals surface area contributed by atoms with Crippen LogP contribution in [0.5, 0.6) is 5.75 Å². The molecule has 0 aliphatic carbocycles. The number of carbonyl (C=O) groups is 2.